The molecule has 0 spiro atoms. The Bertz CT molecular complexity index is 192. The van der Waals surface area contributed by atoms with Crippen LogP contribution in [0.15, 0.2) is 0 Å². The highest BCUT2D eigenvalue weighted by Gasteiger charge is 2.34. The van der Waals surface area contributed by atoms with Crippen LogP contribution in [0.3, 0.4) is 0 Å². The molecule has 1 aliphatic rings. The van der Waals surface area contributed by atoms with Gasteiger partial charge in [-0.1, -0.05) is 26.7 Å². The molecule has 1 fully saturated rings. The molecule has 0 bridgehead atoms. The maximum atomic E-state index is 5.76. The molecule has 0 aromatic heterocycles. The highest BCUT2D eigenvalue weighted by Crippen LogP contribution is 2.43. The van der Waals surface area contributed by atoms with Crippen LogP contribution in [0.2, 0.25) is 0 Å². The molecule has 102 valence electrons. The Balaban J connectivity index is 2.01. The van der Waals surface area contributed by atoms with Gasteiger partial charge in [0, 0.05) is 12.6 Å². The van der Waals surface area contributed by atoms with E-state index in [-0.39, 0.29) is 0 Å². The zero-order chi connectivity index (χ0) is 12.7. The predicted molar refractivity (Wildman–Crippen MR) is 76.1 cm³/mol. The Labute approximate surface area is 108 Å². The van der Waals surface area contributed by atoms with Crippen molar-refractivity contribution < 1.29 is 0 Å². The standard InChI is InChI=1S/C15H32N2/c1-4-15(9-6-10-15)12-17-11-13(2)7-5-8-14(3)16/h13-14,17H,4-12,16H2,1-3H3. The third-order valence-corrected chi connectivity index (χ3v) is 4.51. The molecule has 0 heterocycles. The molecule has 17 heavy (non-hydrogen) atoms. The lowest BCUT2D eigenvalue weighted by atomic mass is 9.67. The van der Waals surface area contributed by atoms with E-state index < -0.39 is 0 Å². The van der Waals surface area contributed by atoms with E-state index in [4.69, 9.17) is 5.73 Å². The first kappa shape index (κ1) is 15.0. The van der Waals surface area contributed by atoms with Crippen molar-refractivity contribution in [3.05, 3.63) is 0 Å². The van der Waals surface area contributed by atoms with Crippen LogP contribution in [0.5, 0.6) is 0 Å². The van der Waals surface area contributed by atoms with Crippen LogP contribution >= 0.6 is 0 Å². The summed E-state index contributed by atoms with van der Waals surface area (Å²) in [7, 11) is 0. The normalized spacial score (nSPS) is 21.9. The van der Waals surface area contributed by atoms with E-state index in [9.17, 15) is 0 Å². The Morgan fingerprint density at radius 1 is 1.24 bits per heavy atom. The molecule has 3 N–H and O–H groups in total. The average molecular weight is 240 g/mol. The summed E-state index contributed by atoms with van der Waals surface area (Å²) < 4.78 is 0. The molecule has 0 aromatic carbocycles. The fourth-order valence-electron chi connectivity index (χ4n) is 2.81. The molecular weight excluding hydrogens is 208 g/mol. The smallest absolute Gasteiger partial charge is 0.00104 e. The Kier molecular flexibility index (Phi) is 6.50. The molecule has 0 radical (unpaired) electrons. The summed E-state index contributed by atoms with van der Waals surface area (Å²) in [6, 6.07) is 0.369. The van der Waals surface area contributed by atoms with Gasteiger partial charge in [0.15, 0.2) is 0 Å². The van der Waals surface area contributed by atoms with Gasteiger partial charge < -0.3 is 11.1 Å². The van der Waals surface area contributed by atoms with Gasteiger partial charge in [0.2, 0.25) is 0 Å². The van der Waals surface area contributed by atoms with Crippen molar-refractivity contribution in [3.8, 4) is 0 Å². The first-order valence-corrected chi connectivity index (χ1v) is 7.54. The van der Waals surface area contributed by atoms with E-state index in [1.54, 1.807) is 0 Å². The highest BCUT2D eigenvalue weighted by atomic mass is 14.9. The fourth-order valence-corrected chi connectivity index (χ4v) is 2.81. The average Bonchev–Trinajstić information content (AvgIpc) is 2.21. The second-order valence-corrected chi connectivity index (χ2v) is 6.35. The minimum Gasteiger partial charge on any atom is -0.328 e. The van der Waals surface area contributed by atoms with Gasteiger partial charge in [0.1, 0.15) is 0 Å². The number of hydrogen-bond acceptors (Lipinski definition) is 2. The van der Waals surface area contributed by atoms with Gasteiger partial charge in [-0.05, 0) is 56.9 Å². The van der Waals surface area contributed by atoms with Gasteiger partial charge in [-0.25, -0.2) is 0 Å². The second kappa shape index (κ2) is 7.38. The van der Waals surface area contributed by atoms with E-state index in [0.717, 1.165) is 5.92 Å². The molecule has 0 aromatic rings. The molecule has 0 amide bonds. The lowest BCUT2D eigenvalue weighted by Crippen LogP contribution is -2.40. The molecule has 1 saturated carbocycles. The maximum absolute atomic E-state index is 5.76. The minimum absolute atomic E-state index is 0.369. The van der Waals surface area contributed by atoms with Crippen molar-refractivity contribution in [2.24, 2.45) is 17.1 Å². The summed E-state index contributed by atoms with van der Waals surface area (Å²) in [6.07, 6.45) is 9.43. The van der Waals surface area contributed by atoms with Crippen molar-refractivity contribution in [1.29, 1.82) is 0 Å². The quantitative estimate of drug-likeness (QED) is 0.649. The number of rotatable bonds is 9. The van der Waals surface area contributed by atoms with Crippen molar-refractivity contribution in [3.63, 3.8) is 0 Å². The van der Waals surface area contributed by atoms with Crippen molar-refractivity contribution in [2.45, 2.75) is 71.8 Å². The third kappa shape index (κ3) is 5.39. The largest absolute Gasteiger partial charge is 0.328 e. The van der Waals surface area contributed by atoms with Gasteiger partial charge >= 0.3 is 0 Å². The zero-order valence-electron chi connectivity index (χ0n) is 12.1. The van der Waals surface area contributed by atoms with Crippen LogP contribution in [0.4, 0.5) is 0 Å². The van der Waals surface area contributed by atoms with Gasteiger partial charge in [-0.2, -0.15) is 0 Å². The van der Waals surface area contributed by atoms with E-state index in [2.05, 4.69) is 26.1 Å². The summed E-state index contributed by atoms with van der Waals surface area (Å²) in [4.78, 5) is 0. The molecule has 1 rings (SSSR count). The van der Waals surface area contributed by atoms with Gasteiger partial charge in [-0.15, -0.1) is 0 Å². The maximum Gasteiger partial charge on any atom is 0.00104 e. The van der Waals surface area contributed by atoms with Crippen molar-refractivity contribution >= 4 is 0 Å². The SMILES string of the molecule is CCC1(CNCC(C)CCCC(C)N)CCC1. The number of nitrogens with two attached hydrogens (primary N) is 1. The summed E-state index contributed by atoms with van der Waals surface area (Å²) >= 11 is 0. The summed E-state index contributed by atoms with van der Waals surface area (Å²) in [5.41, 5.74) is 6.42. The highest BCUT2D eigenvalue weighted by molar-refractivity contribution is 4.88. The first-order chi connectivity index (χ1) is 8.08. The molecule has 2 atom stereocenters. The zero-order valence-corrected chi connectivity index (χ0v) is 12.1. The first-order valence-electron chi connectivity index (χ1n) is 7.54. The number of nitrogens with one attached hydrogen (secondary N) is 1. The van der Waals surface area contributed by atoms with Crippen LogP contribution in [0.25, 0.3) is 0 Å². The van der Waals surface area contributed by atoms with Crippen molar-refractivity contribution in [1.82, 2.24) is 5.32 Å². The van der Waals surface area contributed by atoms with E-state index >= 15 is 0 Å². The van der Waals surface area contributed by atoms with Crippen LogP contribution in [-0.2, 0) is 0 Å². The molecule has 0 saturated heterocycles. The summed E-state index contributed by atoms with van der Waals surface area (Å²) in [6.45, 7) is 9.22. The fraction of sp³-hybridized carbons (Fsp3) is 1.00. The van der Waals surface area contributed by atoms with Crippen LogP contribution in [0.1, 0.15) is 65.7 Å². The van der Waals surface area contributed by atoms with Gasteiger partial charge in [0.05, 0.1) is 0 Å². The molecule has 2 heteroatoms. The Morgan fingerprint density at radius 3 is 2.41 bits per heavy atom. The predicted octanol–water partition coefficient (Wildman–Crippen LogP) is 3.31. The second-order valence-electron chi connectivity index (χ2n) is 6.35. The van der Waals surface area contributed by atoms with Crippen LogP contribution in [-0.4, -0.2) is 19.1 Å². The van der Waals surface area contributed by atoms with Gasteiger partial charge in [0.25, 0.3) is 0 Å². The minimum atomic E-state index is 0.369. The Morgan fingerprint density at radius 2 is 1.94 bits per heavy atom. The van der Waals surface area contributed by atoms with E-state index in [1.807, 2.05) is 0 Å². The van der Waals surface area contributed by atoms with Gasteiger partial charge in [-0.3, -0.25) is 0 Å². The Hall–Kier alpha value is -0.0800. The molecular formula is C15H32N2. The lowest BCUT2D eigenvalue weighted by Gasteiger charge is -2.41. The third-order valence-electron chi connectivity index (χ3n) is 4.51. The van der Waals surface area contributed by atoms with Crippen LogP contribution in [0, 0.1) is 11.3 Å². The summed E-state index contributed by atoms with van der Waals surface area (Å²) in [5.74, 6) is 0.794. The topological polar surface area (TPSA) is 38.0 Å². The lowest BCUT2D eigenvalue weighted by molar-refractivity contribution is 0.122. The molecule has 2 nitrogen and oxygen atoms in total. The molecule has 2 unspecified atom stereocenters. The summed E-state index contributed by atoms with van der Waals surface area (Å²) in [5, 5.41) is 3.69. The monoisotopic (exact) mass is 240 g/mol. The van der Waals surface area contributed by atoms with Crippen molar-refractivity contribution in [2.75, 3.05) is 13.1 Å². The van der Waals surface area contributed by atoms with E-state index in [0.29, 0.717) is 11.5 Å². The number of hydrogen-bond donors (Lipinski definition) is 2. The van der Waals surface area contributed by atoms with Crippen LogP contribution < -0.4 is 11.1 Å². The van der Waals surface area contributed by atoms with E-state index in [1.165, 1.54) is 58.0 Å². The molecule has 0 aliphatic heterocycles. The molecule has 1 aliphatic carbocycles.